The summed E-state index contributed by atoms with van der Waals surface area (Å²) in [6.45, 7) is 0.202. The van der Waals surface area contributed by atoms with Gasteiger partial charge in [-0.15, -0.1) is 6.54 Å². The van der Waals surface area contributed by atoms with Crippen LogP contribution in [0.4, 0.5) is 22.7 Å². The van der Waals surface area contributed by atoms with E-state index < -0.39 is 23.4 Å². The lowest BCUT2D eigenvalue weighted by Crippen LogP contribution is -2.40. The zero-order valence-corrected chi connectivity index (χ0v) is 19.6. The van der Waals surface area contributed by atoms with Crippen LogP contribution in [-0.4, -0.2) is 55.3 Å². The molecule has 1 saturated carbocycles. The Morgan fingerprint density at radius 1 is 1.31 bits per heavy atom. The summed E-state index contributed by atoms with van der Waals surface area (Å²) >= 11 is 1.19. The average Bonchev–Trinajstić information content (AvgIpc) is 3.12. The molecule has 2 aromatic heterocycles. The fourth-order valence-corrected chi connectivity index (χ4v) is 5.24. The third-order valence-electron chi connectivity index (χ3n) is 6.05. The number of amides is 1. The lowest BCUT2D eigenvalue weighted by Gasteiger charge is -2.29. The molecule has 2 fully saturated rings. The molecule has 1 aromatic carbocycles. The van der Waals surface area contributed by atoms with E-state index in [-0.39, 0.29) is 36.0 Å². The van der Waals surface area contributed by atoms with Crippen molar-refractivity contribution in [2.75, 3.05) is 12.3 Å². The summed E-state index contributed by atoms with van der Waals surface area (Å²) < 4.78 is 50.5. The number of hydrogen-bond donors (Lipinski definition) is 2. The summed E-state index contributed by atoms with van der Waals surface area (Å²) in [6.07, 6.45) is -2.11. The number of fused-ring (bicyclic) bond motifs is 1. The van der Waals surface area contributed by atoms with Crippen LogP contribution >= 0.6 is 11.3 Å². The van der Waals surface area contributed by atoms with Crippen molar-refractivity contribution in [3.05, 3.63) is 59.0 Å². The zero-order chi connectivity index (χ0) is 26.4. The topological polar surface area (TPSA) is 138 Å². The summed E-state index contributed by atoms with van der Waals surface area (Å²) in [5.41, 5.74) is 12.3. The molecule has 3 heterocycles. The number of hydrogen-bond acceptors (Lipinski definition) is 6. The number of carboxylic acid groups (broad SMARTS) is 1. The number of carboxylic acids is 1. The van der Waals surface area contributed by atoms with Gasteiger partial charge < -0.3 is 21.5 Å². The van der Waals surface area contributed by atoms with Crippen LogP contribution in [0.15, 0.2) is 30.5 Å². The lowest BCUT2D eigenvalue weighted by molar-refractivity contribution is -0.144. The lowest BCUT2D eigenvalue weighted by atomic mass is 10.1. The minimum Gasteiger partial charge on any atom is -0.676 e. The van der Waals surface area contributed by atoms with Crippen LogP contribution in [-0.2, 0) is 13.2 Å². The third-order valence-corrected chi connectivity index (χ3v) is 6.99. The number of benzene rings is 1. The summed E-state index contributed by atoms with van der Waals surface area (Å²) in [5, 5.41) is 11.9. The van der Waals surface area contributed by atoms with Crippen molar-refractivity contribution in [1.29, 1.82) is 0 Å². The van der Waals surface area contributed by atoms with Gasteiger partial charge in [-0.3, -0.25) is 9.48 Å². The van der Waals surface area contributed by atoms with Gasteiger partial charge in [0.05, 0.1) is 11.1 Å². The molecule has 1 aliphatic heterocycles. The van der Waals surface area contributed by atoms with E-state index in [4.69, 9.17) is 16.6 Å². The number of nitrogen functional groups attached to an aromatic ring is 1. The molecule has 4 N–H and O–H groups in total. The maximum atomic E-state index is 13.5. The predicted molar refractivity (Wildman–Crippen MR) is 123 cm³/mol. The number of aryl methyl sites for hydroxylation is 1. The van der Waals surface area contributed by atoms with Crippen LogP contribution in [0, 0.1) is 11.7 Å². The second kappa shape index (κ2) is 9.50. The monoisotopic (exact) mass is 525 g/mol. The van der Waals surface area contributed by atoms with Gasteiger partial charge in [0.2, 0.25) is 0 Å². The van der Waals surface area contributed by atoms with Crippen LogP contribution in [0.5, 0.6) is 0 Å². The second-order valence-corrected chi connectivity index (χ2v) is 9.47. The Balaban J connectivity index is 0.000000200. The summed E-state index contributed by atoms with van der Waals surface area (Å²) in [7, 11) is 1.04. The van der Waals surface area contributed by atoms with Crippen molar-refractivity contribution in [1.82, 2.24) is 19.7 Å². The number of carbonyl (C=O) groups excluding carboxylic acids is 1. The Bertz CT molecular complexity index is 1310. The molecule has 36 heavy (non-hydrogen) atoms. The number of nitrogens with zero attached hydrogens (tertiary/aromatic N) is 4. The number of aromatic nitrogens is 3. The minimum absolute atomic E-state index is 0.0467. The van der Waals surface area contributed by atoms with Gasteiger partial charge in [-0.25, -0.2) is 14.2 Å². The van der Waals surface area contributed by atoms with Gasteiger partial charge in [0.15, 0.2) is 10.8 Å². The number of rotatable bonds is 4. The normalized spacial score (nSPS) is 20.5. The quantitative estimate of drug-likeness (QED) is 0.487. The molecule has 2 aliphatic rings. The van der Waals surface area contributed by atoms with Crippen LogP contribution in [0.1, 0.15) is 39.4 Å². The number of likely N-dealkylation sites (tertiary alicyclic amines) is 1. The Labute approximate surface area is 206 Å². The number of aromatic carboxylic acids is 1. The summed E-state index contributed by atoms with van der Waals surface area (Å²) in [6, 6.07) is 6.29. The molecule has 1 saturated heterocycles. The summed E-state index contributed by atoms with van der Waals surface area (Å²) in [4.78, 5) is 29.9. The number of piperidine rings is 1. The Morgan fingerprint density at radius 3 is 2.61 bits per heavy atom. The highest BCUT2D eigenvalue weighted by Crippen LogP contribution is 2.49. The van der Waals surface area contributed by atoms with Crippen molar-refractivity contribution in [2.45, 2.75) is 31.1 Å². The minimum atomic E-state index is -4.70. The van der Waals surface area contributed by atoms with Crippen LogP contribution in [0.2, 0.25) is 0 Å². The molecule has 192 valence electrons. The van der Waals surface area contributed by atoms with Crippen LogP contribution < -0.4 is 5.73 Å². The molecule has 0 spiro atoms. The van der Waals surface area contributed by atoms with Gasteiger partial charge in [-0.2, -0.15) is 18.3 Å². The fraction of sp³-hybridized carbons (Fsp3) is 0.364. The molecule has 14 heteroatoms. The third kappa shape index (κ3) is 4.91. The van der Waals surface area contributed by atoms with Crippen molar-refractivity contribution < 1.29 is 32.3 Å². The highest BCUT2D eigenvalue weighted by atomic mass is 32.1. The van der Waals surface area contributed by atoms with Crippen molar-refractivity contribution >= 4 is 28.3 Å². The Hall–Kier alpha value is -3.52. The van der Waals surface area contributed by atoms with E-state index in [1.54, 1.807) is 17.0 Å². The van der Waals surface area contributed by atoms with Gasteiger partial charge in [0, 0.05) is 19.1 Å². The van der Waals surface area contributed by atoms with Gasteiger partial charge in [0.1, 0.15) is 17.1 Å². The van der Waals surface area contributed by atoms with Gasteiger partial charge in [-0.05, 0) is 36.5 Å². The van der Waals surface area contributed by atoms with Crippen molar-refractivity contribution in [2.24, 2.45) is 13.0 Å². The standard InChI is InChI=1S/C16H16FN4OS.C6H5F3N2O2/c17-10-3-1-2-8(4-10)14-13(20-16(19)23-14)15(22)21-11(7-18)5-9-6-12(9)21;1-11-4(6(7,8)9)3(2-10-11)5(12)13/h1-4,9,11-12,18H,5-7H2,(H2,19,20);2H,1H3,(H,12,13)/q-1;/t9-,11+,12+;/m1./s1. The Morgan fingerprint density at radius 2 is 2.03 bits per heavy atom. The zero-order valence-electron chi connectivity index (χ0n) is 18.8. The largest absolute Gasteiger partial charge is 0.676 e. The van der Waals surface area contributed by atoms with Crippen LogP contribution in [0.3, 0.4) is 0 Å². The van der Waals surface area contributed by atoms with Crippen molar-refractivity contribution in [3.63, 3.8) is 0 Å². The molecule has 0 bridgehead atoms. The maximum absolute atomic E-state index is 13.5. The van der Waals surface area contributed by atoms with E-state index in [0.29, 0.717) is 32.4 Å². The second-order valence-electron chi connectivity index (χ2n) is 8.44. The number of thiazole rings is 1. The first-order valence-electron chi connectivity index (χ1n) is 10.7. The fourth-order valence-electron chi connectivity index (χ4n) is 4.42. The molecular formula is C22H21F4N6O3S-. The molecule has 1 amide bonds. The van der Waals surface area contributed by atoms with E-state index in [1.807, 2.05) is 0 Å². The molecular weight excluding hydrogens is 504 g/mol. The predicted octanol–water partition coefficient (Wildman–Crippen LogP) is 4.32. The summed E-state index contributed by atoms with van der Waals surface area (Å²) in [5.74, 6) is -1.65. The number of halogens is 4. The first-order valence-corrected chi connectivity index (χ1v) is 11.6. The SMILES string of the molecule is Cn1ncc(C(=O)O)c1C(F)(F)F.[NH-]C[C@@H]1C[C@@H]2C[C@@H]2N1C(=O)c1nc(N)sc1-c1cccc(F)c1. The van der Waals surface area contributed by atoms with Gasteiger partial charge >= 0.3 is 12.1 Å². The Kier molecular flexibility index (Phi) is 6.75. The maximum Gasteiger partial charge on any atom is 0.433 e. The molecule has 3 aromatic rings. The van der Waals surface area contributed by atoms with E-state index >= 15 is 0 Å². The van der Waals surface area contributed by atoms with E-state index in [1.165, 1.54) is 23.5 Å². The highest BCUT2D eigenvalue weighted by molar-refractivity contribution is 7.19. The number of alkyl halides is 3. The average molecular weight is 526 g/mol. The van der Waals surface area contributed by atoms with E-state index in [2.05, 4.69) is 10.1 Å². The first-order chi connectivity index (χ1) is 16.9. The molecule has 9 nitrogen and oxygen atoms in total. The molecule has 0 unspecified atom stereocenters. The molecule has 0 radical (unpaired) electrons. The molecule has 5 rings (SSSR count). The smallest absolute Gasteiger partial charge is 0.433 e. The van der Waals surface area contributed by atoms with Crippen molar-refractivity contribution in [3.8, 4) is 10.4 Å². The molecule has 1 aliphatic carbocycles. The number of anilines is 1. The highest BCUT2D eigenvalue weighted by Gasteiger charge is 2.53. The molecule has 3 atom stereocenters. The van der Waals surface area contributed by atoms with Crippen LogP contribution in [0.25, 0.3) is 16.2 Å². The van der Waals surface area contributed by atoms with Gasteiger partial charge in [-0.1, -0.05) is 23.5 Å². The van der Waals surface area contributed by atoms with Gasteiger partial charge in [0.25, 0.3) is 5.91 Å². The van der Waals surface area contributed by atoms with E-state index in [0.717, 1.165) is 19.9 Å². The number of nitrogens with one attached hydrogen (secondary N) is 1. The number of carbonyl (C=O) groups is 2. The van der Waals surface area contributed by atoms with E-state index in [9.17, 15) is 27.2 Å². The first kappa shape index (κ1) is 25.6. The number of nitrogens with two attached hydrogens (primary N) is 1.